The number of carbonyl (C=O) groups excluding carboxylic acids is 1. The molecular weight excluding hydrogens is 368 g/mol. The van der Waals surface area contributed by atoms with Crippen LogP contribution in [0.5, 0.6) is 11.5 Å². The molecule has 0 saturated carbocycles. The van der Waals surface area contributed by atoms with Crippen molar-refractivity contribution in [1.29, 1.82) is 0 Å². The first-order valence-corrected chi connectivity index (χ1v) is 8.90. The Hall–Kier alpha value is -1.81. The summed E-state index contributed by atoms with van der Waals surface area (Å²) in [6, 6.07) is 12.7. The van der Waals surface area contributed by atoms with E-state index in [1.54, 1.807) is 24.3 Å². The van der Waals surface area contributed by atoms with Crippen molar-refractivity contribution >= 4 is 21.9 Å². The largest absolute Gasteiger partial charge is 0.493 e. The SMILES string of the molecule is CC(C)COc1ccc(C(=O)Oc2ccc(Br)cc2C(C)C)cc1. The van der Waals surface area contributed by atoms with E-state index in [0.29, 0.717) is 23.8 Å². The highest BCUT2D eigenvalue weighted by Gasteiger charge is 2.14. The zero-order chi connectivity index (χ0) is 17.7. The van der Waals surface area contributed by atoms with E-state index >= 15 is 0 Å². The molecule has 0 fully saturated rings. The fourth-order valence-corrected chi connectivity index (χ4v) is 2.55. The zero-order valence-electron chi connectivity index (χ0n) is 14.5. The molecule has 0 heterocycles. The standard InChI is InChI=1S/C20H23BrO3/c1-13(2)12-23-17-8-5-15(6-9-17)20(22)24-19-10-7-16(21)11-18(19)14(3)4/h5-11,13-14H,12H2,1-4H3. The van der Waals surface area contributed by atoms with Gasteiger partial charge in [0.05, 0.1) is 12.2 Å². The third kappa shape index (κ3) is 5.10. The van der Waals surface area contributed by atoms with Crippen LogP contribution in [0.2, 0.25) is 0 Å². The first-order chi connectivity index (χ1) is 11.4. The van der Waals surface area contributed by atoms with Crippen LogP contribution in [0, 0.1) is 5.92 Å². The number of rotatable bonds is 6. The molecule has 24 heavy (non-hydrogen) atoms. The fraction of sp³-hybridized carbons (Fsp3) is 0.350. The van der Waals surface area contributed by atoms with Crippen molar-refractivity contribution in [3.05, 3.63) is 58.1 Å². The second-order valence-electron chi connectivity index (χ2n) is 6.46. The lowest BCUT2D eigenvalue weighted by atomic mass is 10.0. The molecule has 0 bridgehead atoms. The first-order valence-electron chi connectivity index (χ1n) is 8.11. The van der Waals surface area contributed by atoms with Gasteiger partial charge in [0.2, 0.25) is 0 Å². The van der Waals surface area contributed by atoms with Gasteiger partial charge >= 0.3 is 5.97 Å². The summed E-state index contributed by atoms with van der Waals surface area (Å²) < 4.78 is 12.2. The third-order valence-electron chi connectivity index (χ3n) is 3.47. The Morgan fingerprint density at radius 3 is 2.29 bits per heavy atom. The lowest BCUT2D eigenvalue weighted by Gasteiger charge is -2.13. The third-order valence-corrected chi connectivity index (χ3v) is 3.96. The summed E-state index contributed by atoms with van der Waals surface area (Å²) in [5.41, 5.74) is 1.50. The molecule has 0 N–H and O–H groups in total. The molecule has 2 rings (SSSR count). The molecule has 3 nitrogen and oxygen atoms in total. The van der Waals surface area contributed by atoms with Gasteiger partial charge in [-0.05, 0) is 59.9 Å². The molecule has 0 aliphatic heterocycles. The first kappa shape index (κ1) is 18.5. The monoisotopic (exact) mass is 390 g/mol. The van der Waals surface area contributed by atoms with E-state index in [4.69, 9.17) is 9.47 Å². The van der Waals surface area contributed by atoms with Gasteiger partial charge in [0.15, 0.2) is 0 Å². The molecule has 0 aliphatic rings. The number of hydrogen-bond donors (Lipinski definition) is 0. The van der Waals surface area contributed by atoms with Crippen molar-refractivity contribution in [2.24, 2.45) is 5.92 Å². The highest BCUT2D eigenvalue weighted by atomic mass is 79.9. The van der Waals surface area contributed by atoms with Crippen LogP contribution in [0.3, 0.4) is 0 Å². The van der Waals surface area contributed by atoms with Crippen LogP contribution in [0.1, 0.15) is 49.5 Å². The summed E-state index contributed by atoms with van der Waals surface area (Å²) in [7, 11) is 0. The number of benzene rings is 2. The van der Waals surface area contributed by atoms with Gasteiger partial charge in [-0.25, -0.2) is 4.79 Å². The van der Waals surface area contributed by atoms with Crippen LogP contribution >= 0.6 is 15.9 Å². The van der Waals surface area contributed by atoms with E-state index in [9.17, 15) is 4.79 Å². The van der Waals surface area contributed by atoms with E-state index in [0.717, 1.165) is 15.8 Å². The Morgan fingerprint density at radius 2 is 1.71 bits per heavy atom. The van der Waals surface area contributed by atoms with Gasteiger partial charge in [-0.3, -0.25) is 0 Å². The quantitative estimate of drug-likeness (QED) is 0.459. The number of halogens is 1. The average molecular weight is 391 g/mol. The van der Waals surface area contributed by atoms with Crippen molar-refractivity contribution < 1.29 is 14.3 Å². The summed E-state index contributed by atoms with van der Waals surface area (Å²) in [4.78, 5) is 12.4. The predicted octanol–water partition coefficient (Wildman–Crippen LogP) is 5.83. The lowest BCUT2D eigenvalue weighted by molar-refractivity contribution is 0.0732. The molecule has 0 saturated heterocycles. The van der Waals surface area contributed by atoms with Crippen LogP contribution in [0.25, 0.3) is 0 Å². The van der Waals surface area contributed by atoms with Crippen LogP contribution < -0.4 is 9.47 Å². The van der Waals surface area contributed by atoms with Gasteiger partial charge in [0.25, 0.3) is 0 Å². The molecule has 128 valence electrons. The van der Waals surface area contributed by atoms with Gasteiger partial charge in [-0.15, -0.1) is 0 Å². The van der Waals surface area contributed by atoms with E-state index in [-0.39, 0.29) is 11.9 Å². The maximum absolute atomic E-state index is 12.4. The minimum absolute atomic E-state index is 0.261. The van der Waals surface area contributed by atoms with Crippen molar-refractivity contribution in [1.82, 2.24) is 0 Å². The number of carbonyl (C=O) groups is 1. The van der Waals surface area contributed by atoms with Gasteiger partial charge in [0, 0.05) is 4.47 Å². The van der Waals surface area contributed by atoms with E-state index < -0.39 is 0 Å². The highest BCUT2D eigenvalue weighted by Crippen LogP contribution is 2.30. The number of hydrogen-bond acceptors (Lipinski definition) is 3. The molecule has 4 heteroatoms. The maximum atomic E-state index is 12.4. The summed E-state index contributed by atoms with van der Waals surface area (Å²) in [6.07, 6.45) is 0. The number of ether oxygens (including phenoxy) is 2. The summed E-state index contributed by atoms with van der Waals surface area (Å²) in [5, 5.41) is 0. The fourth-order valence-electron chi connectivity index (χ4n) is 2.17. The Kier molecular flexibility index (Phi) is 6.44. The van der Waals surface area contributed by atoms with Gasteiger partial charge in [0.1, 0.15) is 11.5 Å². The van der Waals surface area contributed by atoms with E-state index in [1.165, 1.54) is 0 Å². The van der Waals surface area contributed by atoms with Crippen LogP contribution in [-0.4, -0.2) is 12.6 Å². The van der Waals surface area contributed by atoms with Crippen LogP contribution in [0.15, 0.2) is 46.9 Å². The smallest absolute Gasteiger partial charge is 0.343 e. The van der Waals surface area contributed by atoms with Crippen molar-refractivity contribution in [2.45, 2.75) is 33.6 Å². The van der Waals surface area contributed by atoms with Gasteiger partial charge in [-0.2, -0.15) is 0 Å². The summed E-state index contributed by atoms with van der Waals surface area (Å²) in [6.45, 7) is 8.98. The average Bonchev–Trinajstić information content (AvgIpc) is 2.54. The van der Waals surface area contributed by atoms with Gasteiger partial charge in [-0.1, -0.05) is 43.6 Å². The Bertz CT molecular complexity index is 691. The second kappa shape index (κ2) is 8.34. The van der Waals surface area contributed by atoms with E-state index in [2.05, 4.69) is 43.6 Å². The zero-order valence-corrected chi connectivity index (χ0v) is 16.1. The van der Waals surface area contributed by atoms with Crippen molar-refractivity contribution in [2.75, 3.05) is 6.61 Å². The van der Waals surface area contributed by atoms with Gasteiger partial charge < -0.3 is 9.47 Å². The second-order valence-corrected chi connectivity index (χ2v) is 7.37. The van der Waals surface area contributed by atoms with E-state index in [1.807, 2.05) is 18.2 Å². The minimum Gasteiger partial charge on any atom is -0.493 e. The number of esters is 1. The Labute approximate surface area is 152 Å². The highest BCUT2D eigenvalue weighted by molar-refractivity contribution is 9.10. The van der Waals surface area contributed by atoms with Crippen molar-refractivity contribution in [3.8, 4) is 11.5 Å². The molecule has 2 aromatic rings. The Balaban J connectivity index is 2.10. The van der Waals surface area contributed by atoms with Crippen LogP contribution in [-0.2, 0) is 0 Å². The lowest BCUT2D eigenvalue weighted by Crippen LogP contribution is -2.10. The molecule has 0 radical (unpaired) electrons. The molecule has 0 atom stereocenters. The molecule has 0 unspecified atom stereocenters. The molecule has 0 aliphatic carbocycles. The normalized spacial score (nSPS) is 11.0. The Morgan fingerprint density at radius 1 is 1.04 bits per heavy atom. The predicted molar refractivity (Wildman–Crippen MR) is 100.0 cm³/mol. The van der Waals surface area contributed by atoms with Crippen LogP contribution in [0.4, 0.5) is 0 Å². The van der Waals surface area contributed by atoms with Crippen molar-refractivity contribution in [3.63, 3.8) is 0 Å². The maximum Gasteiger partial charge on any atom is 0.343 e. The molecule has 0 spiro atoms. The topological polar surface area (TPSA) is 35.5 Å². The minimum atomic E-state index is -0.366. The molecule has 0 aromatic heterocycles. The molecule has 2 aromatic carbocycles. The molecule has 0 amide bonds. The summed E-state index contributed by atoms with van der Waals surface area (Å²) in [5.74, 6) is 1.71. The summed E-state index contributed by atoms with van der Waals surface area (Å²) >= 11 is 3.45. The molecular formula is C20H23BrO3.